The van der Waals surface area contributed by atoms with Crippen molar-refractivity contribution in [2.24, 2.45) is 4.99 Å². The molecule has 0 saturated carbocycles. The Morgan fingerprint density at radius 1 is 1.05 bits per heavy atom. The summed E-state index contributed by atoms with van der Waals surface area (Å²) in [6.45, 7) is 0.0102. The van der Waals surface area contributed by atoms with E-state index < -0.39 is 0 Å². The molecule has 0 spiro atoms. The molecule has 0 amide bonds. The number of aliphatic hydroxyl groups is 1. The summed E-state index contributed by atoms with van der Waals surface area (Å²) >= 11 is 0. The Labute approximate surface area is 120 Å². The molecule has 0 fully saturated rings. The maximum Gasteiger partial charge on any atom is 0.0979 e. The molecular weight excluding hydrogens is 248 g/mol. The van der Waals surface area contributed by atoms with Gasteiger partial charge in [0.1, 0.15) is 0 Å². The molecule has 0 radical (unpaired) electrons. The molecule has 2 rings (SSSR count). The fraction of sp³-hybridized carbons (Fsp3) is 0.235. The fourth-order valence-electron chi connectivity index (χ4n) is 1.95. The highest BCUT2D eigenvalue weighted by atomic mass is 16.3. The van der Waals surface area contributed by atoms with E-state index in [1.807, 2.05) is 62.8 Å². The van der Waals surface area contributed by atoms with Crippen LogP contribution in [0.15, 0.2) is 59.6 Å². The zero-order valence-electron chi connectivity index (χ0n) is 11.9. The smallest absolute Gasteiger partial charge is 0.0979 e. The minimum absolute atomic E-state index is 0.0102. The molecule has 0 saturated heterocycles. The third-order valence-electron chi connectivity index (χ3n) is 3.17. The number of hydrogen-bond donors (Lipinski definition) is 1. The minimum Gasteiger partial charge on any atom is -0.394 e. The summed E-state index contributed by atoms with van der Waals surface area (Å²) in [6, 6.07) is 17.8. The minimum atomic E-state index is -0.204. The summed E-state index contributed by atoms with van der Waals surface area (Å²) in [5.74, 6) is 0. The number of aliphatic imine (C=N–C) groups is 1. The average molecular weight is 268 g/mol. The van der Waals surface area contributed by atoms with Crippen molar-refractivity contribution < 1.29 is 5.11 Å². The van der Waals surface area contributed by atoms with Gasteiger partial charge in [-0.2, -0.15) is 0 Å². The average Bonchev–Trinajstić information content (AvgIpc) is 2.49. The summed E-state index contributed by atoms with van der Waals surface area (Å²) in [4.78, 5) is 6.53. The lowest BCUT2D eigenvalue weighted by atomic mass is 10.1. The predicted octanol–water partition coefficient (Wildman–Crippen LogP) is 2.91. The van der Waals surface area contributed by atoms with Crippen LogP contribution in [0.3, 0.4) is 0 Å². The summed E-state index contributed by atoms with van der Waals surface area (Å²) in [5, 5.41) is 9.45. The summed E-state index contributed by atoms with van der Waals surface area (Å²) in [6.07, 6.45) is 1.81. The van der Waals surface area contributed by atoms with Gasteiger partial charge >= 0.3 is 0 Å². The molecule has 1 unspecified atom stereocenters. The normalized spacial score (nSPS) is 12.6. The maximum absolute atomic E-state index is 9.45. The largest absolute Gasteiger partial charge is 0.394 e. The van der Waals surface area contributed by atoms with Crippen LogP contribution in [-0.2, 0) is 0 Å². The summed E-state index contributed by atoms with van der Waals surface area (Å²) in [5.41, 5.74) is 3.21. The van der Waals surface area contributed by atoms with E-state index in [0.29, 0.717) is 0 Å². The molecule has 0 aliphatic rings. The Morgan fingerprint density at radius 3 is 2.25 bits per heavy atom. The van der Waals surface area contributed by atoms with Crippen molar-refractivity contribution in [3.05, 3.63) is 65.7 Å². The highest BCUT2D eigenvalue weighted by Crippen LogP contribution is 2.17. The Kier molecular flexibility index (Phi) is 4.91. The van der Waals surface area contributed by atoms with E-state index in [9.17, 15) is 5.11 Å². The third kappa shape index (κ3) is 3.68. The quantitative estimate of drug-likeness (QED) is 0.846. The first kappa shape index (κ1) is 14.3. The molecule has 20 heavy (non-hydrogen) atoms. The summed E-state index contributed by atoms with van der Waals surface area (Å²) in [7, 11) is 4.03. The van der Waals surface area contributed by atoms with Crippen molar-refractivity contribution in [2.45, 2.75) is 6.04 Å². The zero-order chi connectivity index (χ0) is 14.4. The predicted molar refractivity (Wildman–Crippen MR) is 84.6 cm³/mol. The first-order valence-corrected chi connectivity index (χ1v) is 6.67. The van der Waals surface area contributed by atoms with Gasteiger partial charge in [-0.25, -0.2) is 0 Å². The van der Waals surface area contributed by atoms with Gasteiger partial charge in [0, 0.05) is 26.0 Å². The molecule has 2 aromatic rings. The molecule has 0 aromatic heterocycles. The number of hydrogen-bond acceptors (Lipinski definition) is 3. The van der Waals surface area contributed by atoms with Gasteiger partial charge in [-0.1, -0.05) is 42.5 Å². The van der Waals surface area contributed by atoms with Crippen LogP contribution in [0.1, 0.15) is 17.2 Å². The lowest BCUT2D eigenvalue weighted by molar-refractivity contribution is 0.269. The monoisotopic (exact) mass is 268 g/mol. The van der Waals surface area contributed by atoms with Crippen LogP contribution in [0, 0.1) is 0 Å². The molecule has 0 aliphatic carbocycles. The van der Waals surface area contributed by atoms with E-state index in [-0.39, 0.29) is 12.6 Å². The topological polar surface area (TPSA) is 35.8 Å². The van der Waals surface area contributed by atoms with Gasteiger partial charge in [0.15, 0.2) is 0 Å². The number of aliphatic hydroxyl groups excluding tert-OH is 1. The van der Waals surface area contributed by atoms with Crippen LogP contribution >= 0.6 is 0 Å². The first-order valence-electron chi connectivity index (χ1n) is 6.67. The molecular formula is C17H20N2O. The van der Waals surface area contributed by atoms with Gasteiger partial charge in [0.05, 0.1) is 12.6 Å². The van der Waals surface area contributed by atoms with E-state index in [1.54, 1.807) is 0 Å². The first-order chi connectivity index (χ1) is 9.70. The highest BCUT2D eigenvalue weighted by Gasteiger charge is 2.06. The van der Waals surface area contributed by atoms with Crippen LogP contribution < -0.4 is 4.90 Å². The van der Waals surface area contributed by atoms with Crippen molar-refractivity contribution >= 4 is 11.9 Å². The maximum atomic E-state index is 9.45. The highest BCUT2D eigenvalue weighted by molar-refractivity contribution is 5.80. The Balaban J connectivity index is 2.11. The van der Waals surface area contributed by atoms with E-state index in [1.165, 1.54) is 0 Å². The van der Waals surface area contributed by atoms with Crippen LogP contribution in [0.5, 0.6) is 0 Å². The van der Waals surface area contributed by atoms with Gasteiger partial charge in [-0.15, -0.1) is 0 Å². The van der Waals surface area contributed by atoms with Gasteiger partial charge in [-0.3, -0.25) is 4.99 Å². The Hall–Kier alpha value is -2.13. The molecule has 0 bridgehead atoms. The van der Waals surface area contributed by atoms with Crippen LogP contribution in [0.25, 0.3) is 0 Å². The molecule has 3 nitrogen and oxygen atoms in total. The van der Waals surface area contributed by atoms with Crippen LogP contribution in [0.2, 0.25) is 0 Å². The van der Waals surface area contributed by atoms with Gasteiger partial charge in [0.2, 0.25) is 0 Å². The van der Waals surface area contributed by atoms with Gasteiger partial charge < -0.3 is 10.0 Å². The SMILES string of the molecule is CN(C)c1ccc(C=NC(CO)c2ccccc2)cc1. The lowest BCUT2D eigenvalue weighted by Gasteiger charge is -2.12. The standard InChI is InChI=1S/C17H20N2O/c1-19(2)16-10-8-14(9-11-16)12-18-17(13-20)15-6-4-3-5-7-15/h3-12,17,20H,13H2,1-2H3. The molecule has 3 heteroatoms. The molecule has 1 N–H and O–H groups in total. The molecule has 0 heterocycles. The third-order valence-corrected chi connectivity index (χ3v) is 3.17. The van der Waals surface area contributed by atoms with Crippen molar-refractivity contribution in [3.63, 3.8) is 0 Å². The Bertz CT molecular complexity index is 547. The van der Waals surface area contributed by atoms with Crippen molar-refractivity contribution in [1.29, 1.82) is 0 Å². The number of rotatable bonds is 5. The molecule has 0 aliphatic heterocycles. The second-order valence-corrected chi connectivity index (χ2v) is 4.87. The second kappa shape index (κ2) is 6.87. The molecule has 2 aromatic carbocycles. The van der Waals surface area contributed by atoms with Crippen molar-refractivity contribution in [3.8, 4) is 0 Å². The van der Waals surface area contributed by atoms with E-state index in [0.717, 1.165) is 16.8 Å². The zero-order valence-corrected chi connectivity index (χ0v) is 11.9. The number of nitrogens with zero attached hydrogens (tertiary/aromatic N) is 2. The van der Waals surface area contributed by atoms with E-state index in [4.69, 9.17) is 0 Å². The molecule has 1 atom stereocenters. The molecule has 104 valence electrons. The Morgan fingerprint density at radius 2 is 1.70 bits per heavy atom. The van der Waals surface area contributed by atoms with Crippen molar-refractivity contribution in [1.82, 2.24) is 0 Å². The van der Waals surface area contributed by atoms with Crippen molar-refractivity contribution in [2.75, 3.05) is 25.6 Å². The van der Waals surface area contributed by atoms with E-state index >= 15 is 0 Å². The fourth-order valence-corrected chi connectivity index (χ4v) is 1.95. The van der Waals surface area contributed by atoms with E-state index in [2.05, 4.69) is 22.0 Å². The van der Waals surface area contributed by atoms with Gasteiger partial charge in [0.25, 0.3) is 0 Å². The second-order valence-electron chi connectivity index (χ2n) is 4.87. The lowest BCUT2D eigenvalue weighted by Crippen LogP contribution is -2.08. The summed E-state index contributed by atoms with van der Waals surface area (Å²) < 4.78 is 0. The van der Waals surface area contributed by atoms with Crippen LogP contribution in [0.4, 0.5) is 5.69 Å². The van der Waals surface area contributed by atoms with Crippen LogP contribution in [-0.4, -0.2) is 32.0 Å². The number of anilines is 1. The van der Waals surface area contributed by atoms with Gasteiger partial charge in [-0.05, 0) is 23.3 Å². The number of benzene rings is 2.